The van der Waals surface area contributed by atoms with Crippen LogP contribution in [0.25, 0.3) is 16.9 Å². The molecule has 1 fully saturated rings. The summed E-state index contributed by atoms with van der Waals surface area (Å²) < 4.78 is 6.90. The summed E-state index contributed by atoms with van der Waals surface area (Å²) in [5, 5.41) is 3.80. The van der Waals surface area contributed by atoms with Gasteiger partial charge in [-0.3, -0.25) is 14.2 Å². The van der Waals surface area contributed by atoms with Crippen LogP contribution >= 0.6 is 23.4 Å². The molecular weight excluding hydrogens is 542 g/mol. The Bertz CT molecular complexity index is 1630. The number of anilines is 1. The second-order valence-corrected chi connectivity index (χ2v) is 11.8. The van der Waals surface area contributed by atoms with E-state index in [2.05, 4.69) is 23.5 Å². The average Bonchev–Trinajstić information content (AvgIpc) is 2.97. The Morgan fingerprint density at radius 3 is 2.55 bits per heavy atom. The molecule has 0 bridgehead atoms. The van der Waals surface area contributed by atoms with Crippen molar-refractivity contribution in [3.05, 3.63) is 99.3 Å². The third-order valence-electron chi connectivity index (χ3n) is 7.98. The van der Waals surface area contributed by atoms with Crippen molar-refractivity contribution in [3.63, 3.8) is 0 Å². The highest BCUT2D eigenvalue weighted by molar-refractivity contribution is 7.99. The third-order valence-corrected chi connectivity index (χ3v) is 9.21. The van der Waals surface area contributed by atoms with Crippen molar-refractivity contribution in [2.75, 3.05) is 18.2 Å². The lowest BCUT2D eigenvalue weighted by Crippen LogP contribution is -2.43. The van der Waals surface area contributed by atoms with Crippen LogP contribution in [0.2, 0.25) is 5.02 Å². The molecule has 1 saturated carbocycles. The van der Waals surface area contributed by atoms with E-state index in [0.29, 0.717) is 21.6 Å². The van der Waals surface area contributed by atoms with Crippen molar-refractivity contribution in [2.24, 2.45) is 0 Å². The minimum Gasteiger partial charge on any atom is -0.495 e. The molecule has 8 heteroatoms. The van der Waals surface area contributed by atoms with Gasteiger partial charge in [-0.2, -0.15) is 0 Å². The summed E-state index contributed by atoms with van der Waals surface area (Å²) in [6, 6.07) is 23.0. The number of halogens is 1. The number of ether oxygens (including phenoxy) is 1. The molecule has 2 aliphatic rings. The van der Waals surface area contributed by atoms with Crippen LogP contribution in [0.4, 0.5) is 5.69 Å². The van der Waals surface area contributed by atoms with E-state index in [-0.39, 0.29) is 22.6 Å². The van der Waals surface area contributed by atoms with E-state index in [9.17, 15) is 9.59 Å². The number of hydrogen-bond donors (Lipinski definition) is 1. The first kappa shape index (κ1) is 26.7. The molecule has 3 aromatic carbocycles. The zero-order valence-corrected chi connectivity index (χ0v) is 23.9. The number of hydrogen-bond acceptors (Lipinski definition) is 5. The predicted octanol–water partition coefficient (Wildman–Crippen LogP) is 7.05. The predicted molar refractivity (Wildman–Crippen MR) is 161 cm³/mol. The average molecular weight is 572 g/mol. The van der Waals surface area contributed by atoms with Crippen LogP contribution in [0.15, 0.2) is 82.7 Å². The Labute approximate surface area is 242 Å². The molecule has 1 heterocycles. The van der Waals surface area contributed by atoms with Crippen molar-refractivity contribution in [2.45, 2.75) is 49.1 Å². The lowest BCUT2D eigenvalue weighted by Gasteiger charge is -2.42. The zero-order valence-electron chi connectivity index (χ0n) is 22.3. The van der Waals surface area contributed by atoms with E-state index in [1.807, 2.05) is 36.4 Å². The Morgan fingerprint density at radius 1 is 1.05 bits per heavy atom. The summed E-state index contributed by atoms with van der Waals surface area (Å²) in [5.74, 6) is 0.395. The number of nitrogens with one attached hydrogen (secondary N) is 1. The number of methoxy groups -OCH3 is 1. The second-order valence-electron chi connectivity index (χ2n) is 10.5. The van der Waals surface area contributed by atoms with Crippen LogP contribution in [0.3, 0.4) is 0 Å². The van der Waals surface area contributed by atoms with Gasteiger partial charge in [-0.05, 0) is 55.2 Å². The molecule has 0 aliphatic heterocycles. The molecule has 6 nitrogen and oxygen atoms in total. The van der Waals surface area contributed by atoms with Gasteiger partial charge >= 0.3 is 0 Å². The van der Waals surface area contributed by atoms with Gasteiger partial charge in [0.2, 0.25) is 5.91 Å². The SMILES string of the molecule is COc1ccc(NC(=O)CSc2nc3c(c(=O)n2-c2ccccc2)C2(CCCCC2)Cc2ccccc2-3)cc1Cl. The molecule has 4 aromatic rings. The van der Waals surface area contributed by atoms with Gasteiger partial charge in [0.1, 0.15) is 5.75 Å². The van der Waals surface area contributed by atoms with Crippen LogP contribution < -0.4 is 15.6 Å². The van der Waals surface area contributed by atoms with Gasteiger partial charge in [0, 0.05) is 16.7 Å². The van der Waals surface area contributed by atoms with Gasteiger partial charge in [0.15, 0.2) is 5.16 Å². The Hall–Kier alpha value is -3.55. The number of para-hydroxylation sites is 1. The molecule has 6 rings (SSSR count). The van der Waals surface area contributed by atoms with Crippen molar-refractivity contribution >= 4 is 35.0 Å². The molecule has 40 heavy (non-hydrogen) atoms. The van der Waals surface area contributed by atoms with Gasteiger partial charge < -0.3 is 10.1 Å². The van der Waals surface area contributed by atoms with Crippen LogP contribution in [0, 0.1) is 0 Å². The molecular formula is C32H30ClN3O3S. The third kappa shape index (κ3) is 4.93. The van der Waals surface area contributed by atoms with Crippen LogP contribution in [0.5, 0.6) is 5.75 Å². The molecule has 2 aliphatic carbocycles. The maximum absolute atomic E-state index is 14.5. The summed E-state index contributed by atoms with van der Waals surface area (Å²) in [6.07, 6.45) is 6.25. The molecule has 0 radical (unpaired) electrons. The van der Waals surface area contributed by atoms with E-state index in [4.69, 9.17) is 21.3 Å². The number of nitrogens with zero attached hydrogens (tertiary/aromatic N) is 2. The van der Waals surface area contributed by atoms with E-state index in [1.165, 1.54) is 23.7 Å². The molecule has 0 saturated heterocycles. The zero-order chi connectivity index (χ0) is 27.7. The maximum atomic E-state index is 14.5. The molecule has 1 amide bonds. The Kier molecular flexibility index (Phi) is 7.43. The van der Waals surface area contributed by atoms with Gasteiger partial charge in [-0.15, -0.1) is 0 Å². The maximum Gasteiger partial charge on any atom is 0.263 e. The largest absolute Gasteiger partial charge is 0.495 e. The lowest BCUT2D eigenvalue weighted by atomic mass is 9.62. The smallest absolute Gasteiger partial charge is 0.263 e. The van der Waals surface area contributed by atoms with Gasteiger partial charge in [0.05, 0.1) is 34.8 Å². The molecule has 0 unspecified atom stereocenters. The van der Waals surface area contributed by atoms with Crippen molar-refractivity contribution in [3.8, 4) is 22.7 Å². The van der Waals surface area contributed by atoms with Crippen LogP contribution in [0.1, 0.15) is 43.2 Å². The monoisotopic (exact) mass is 571 g/mol. The summed E-state index contributed by atoms with van der Waals surface area (Å²) in [7, 11) is 1.54. The number of carbonyl (C=O) groups is 1. The van der Waals surface area contributed by atoms with E-state index in [1.54, 1.807) is 29.9 Å². The minimum absolute atomic E-state index is 0.0301. The van der Waals surface area contributed by atoms with Crippen molar-refractivity contribution < 1.29 is 9.53 Å². The van der Waals surface area contributed by atoms with E-state index in [0.717, 1.165) is 54.6 Å². The second kappa shape index (κ2) is 11.1. The fraction of sp³-hybridized carbons (Fsp3) is 0.281. The topological polar surface area (TPSA) is 73.2 Å². The number of fused-ring (bicyclic) bond motifs is 4. The first-order valence-electron chi connectivity index (χ1n) is 13.6. The number of amides is 1. The molecule has 0 atom stereocenters. The quantitative estimate of drug-likeness (QED) is 0.198. The van der Waals surface area contributed by atoms with Gasteiger partial charge in [-0.1, -0.05) is 85.1 Å². The summed E-state index contributed by atoms with van der Waals surface area (Å²) in [6.45, 7) is 0. The molecule has 204 valence electrons. The van der Waals surface area contributed by atoms with Gasteiger partial charge in [-0.25, -0.2) is 4.98 Å². The molecule has 1 spiro atoms. The minimum atomic E-state index is -0.220. The van der Waals surface area contributed by atoms with Crippen LogP contribution in [-0.4, -0.2) is 28.3 Å². The number of aromatic nitrogens is 2. The lowest BCUT2D eigenvalue weighted by molar-refractivity contribution is -0.113. The fourth-order valence-electron chi connectivity index (χ4n) is 6.16. The number of benzene rings is 3. The normalized spacial score (nSPS) is 15.2. The first-order chi connectivity index (χ1) is 19.5. The number of carbonyl (C=O) groups excluding carboxylic acids is 1. The standard InChI is InChI=1S/C32H30ClN3O3S/c1-39-26-15-14-22(18-25(26)33)34-27(37)20-40-31-35-29-24-13-7-6-10-21(24)19-32(16-8-3-9-17-32)28(29)30(38)36(31)23-11-4-2-5-12-23/h2,4-7,10-15,18H,3,8-9,16-17,19-20H2,1H3,(H,34,37). The highest BCUT2D eigenvalue weighted by Crippen LogP contribution is 2.49. The highest BCUT2D eigenvalue weighted by atomic mass is 35.5. The fourth-order valence-corrected chi connectivity index (χ4v) is 7.22. The Balaban J connectivity index is 1.41. The van der Waals surface area contributed by atoms with E-state index < -0.39 is 0 Å². The Morgan fingerprint density at radius 2 is 1.80 bits per heavy atom. The van der Waals surface area contributed by atoms with Crippen molar-refractivity contribution in [1.29, 1.82) is 0 Å². The molecule has 1 N–H and O–H groups in total. The summed E-state index contributed by atoms with van der Waals surface area (Å²) in [4.78, 5) is 32.7. The van der Waals surface area contributed by atoms with E-state index >= 15 is 0 Å². The summed E-state index contributed by atoms with van der Waals surface area (Å²) in [5.41, 5.74) is 4.94. The number of thioether (sulfide) groups is 1. The first-order valence-corrected chi connectivity index (χ1v) is 14.9. The summed E-state index contributed by atoms with van der Waals surface area (Å²) >= 11 is 7.49. The number of rotatable bonds is 6. The van der Waals surface area contributed by atoms with Crippen LogP contribution in [-0.2, 0) is 16.6 Å². The molecule has 1 aromatic heterocycles. The highest BCUT2D eigenvalue weighted by Gasteiger charge is 2.43. The van der Waals surface area contributed by atoms with Crippen molar-refractivity contribution in [1.82, 2.24) is 9.55 Å². The van der Waals surface area contributed by atoms with Gasteiger partial charge in [0.25, 0.3) is 5.56 Å².